The third kappa shape index (κ3) is 3.95. The molecule has 0 spiro atoms. The van der Waals surface area contributed by atoms with Crippen LogP contribution in [0.5, 0.6) is 5.75 Å². The minimum atomic E-state index is 0.709. The molecule has 2 rings (SSSR count). The second kappa shape index (κ2) is 7.26. The Morgan fingerprint density at radius 1 is 1.30 bits per heavy atom. The van der Waals surface area contributed by atoms with E-state index in [1.807, 2.05) is 12.1 Å². The molecule has 0 radical (unpaired) electrons. The lowest BCUT2D eigenvalue weighted by molar-refractivity contribution is 0.201. The molecule has 0 amide bonds. The molecule has 0 saturated carbocycles. The van der Waals surface area contributed by atoms with Crippen LogP contribution in [-0.4, -0.2) is 25.8 Å². The summed E-state index contributed by atoms with van der Waals surface area (Å²) in [5.41, 5.74) is 3.54. The first-order valence-corrected chi connectivity index (χ1v) is 7.41. The second-order valence-corrected chi connectivity index (χ2v) is 5.39. The Balaban J connectivity index is 1.93. The van der Waals surface area contributed by atoms with Crippen molar-refractivity contribution in [1.82, 2.24) is 4.98 Å². The lowest BCUT2D eigenvalue weighted by atomic mass is 10.1. The highest BCUT2D eigenvalue weighted by atomic mass is 32.1. The van der Waals surface area contributed by atoms with Gasteiger partial charge in [-0.1, -0.05) is 6.07 Å². The molecule has 5 heteroatoms. The van der Waals surface area contributed by atoms with Crippen molar-refractivity contribution in [1.29, 1.82) is 0 Å². The number of hydrogen-bond acceptors (Lipinski definition) is 5. The highest BCUT2D eigenvalue weighted by Crippen LogP contribution is 2.20. The molecule has 0 fully saturated rings. The van der Waals surface area contributed by atoms with Crippen LogP contribution >= 0.6 is 11.3 Å². The Morgan fingerprint density at radius 3 is 2.85 bits per heavy atom. The Labute approximate surface area is 123 Å². The zero-order valence-corrected chi connectivity index (χ0v) is 12.9. The van der Waals surface area contributed by atoms with Crippen LogP contribution in [-0.2, 0) is 17.7 Å². The van der Waals surface area contributed by atoms with E-state index in [1.165, 1.54) is 11.1 Å². The van der Waals surface area contributed by atoms with Crippen LogP contribution in [0.25, 0.3) is 0 Å². The van der Waals surface area contributed by atoms with Gasteiger partial charge in [0.25, 0.3) is 0 Å². The molecule has 0 aliphatic rings. The first-order chi connectivity index (χ1) is 9.72. The Hall–Kier alpha value is -1.59. The molecular formula is C15H20N2O2S. The number of hydrogen-bond donors (Lipinski definition) is 1. The number of nitrogens with one attached hydrogen (secondary N) is 1. The van der Waals surface area contributed by atoms with Crippen molar-refractivity contribution in [3.63, 3.8) is 0 Å². The third-order valence-corrected chi connectivity index (χ3v) is 3.94. The molecule has 108 valence electrons. The lowest BCUT2D eigenvalue weighted by Gasteiger charge is -2.08. The number of ether oxygens (including phenoxy) is 2. The van der Waals surface area contributed by atoms with Crippen molar-refractivity contribution < 1.29 is 9.47 Å². The smallest absolute Gasteiger partial charge is 0.183 e. The first-order valence-electron chi connectivity index (χ1n) is 6.53. The van der Waals surface area contributed by atoms with E-state index in [1.54, 1.807) is 25.6 Å². The Kier molecular flexibility index (Phi) is 5.38. The number of nitrogens with zero attached hydrogens (tertiary/aromatic N) is 1. The van der Waals surface area contributed by atoms with E-state index in [4.69, 9.17) is 9.47 Å². The van der Waals surface area contributed by atoms with Gasteiger partial charge in [-0.15, -0.1) is 11.3 Å². The maximum absolute atomic E-state index is 5.21. The summed E-state index contributed by atoms with van der Waals surface area (Å²) in [7, 11) is 3.39. The Bertz CT molecular complexity index is 555. The summed E-state index contributed by atoms with van der Waals surface area (Å²) in [6.07, 6.45) is 0.857. The van der Waals surface area contributed by atoms with Crippen molar-refractivity contribution >= 4 is 16.5 Å². The minimum Gasteiger partial charge on any atom is -0.497 e. The van der Waals surface area contributed by atoms with Gasteiger partial charge in [-0.3, -0.25) is 0 Å². The zero-order valence-electron chi connectivity index (χ0n) is 12.1. The molecule has 0 atom stereocenters. The number of benzene rings is 1. The SMILES string of the molecule is COCCc1csc(NCc2ccc(OC)cc2C)n1. The zero-order chi connectivity index (χ0) is 14.4. The molecule has 1 heterocycles. The molecular weight excluding hydrogens is 272 g/mol. The van der Waals surface area contributed by atoms with Gasteiger partial charge in [-0.05, 0) is 30.2 Å². The molecule has 4 nitrogen and oxygen atoms in total. The molecule has 2 aromatic rings. The molecule has 0 saturated heterocycles. The summed E-state index contributed by atoms with van der Waals surface area (Å²) >= 11 is 1.63. The average molecular weight is 292 g/mol. The second-order valence-electron chi connectivity index (χ2n) is 4.53. The van der Waals surface area contributed by atoms with Crippen molar-refractivity contribution in [2.45, 2.75) is 19.9 Å². The summed E-state index contributed by atoms with van der Waals surface area (Å²) in [5, 5.41) is 6.38. The van der Waals surface area contributed by atoms with Gasteiger partial charge in [0.15, 0.2) is 5.13 Å². The third-order valence-electron chi connectivity index (χ3n) is 3.09. The Morgan fingerprint density at radius 2 is 2.15 bits per heavy atom. The maximum atomic E-state index is 5.21. The highest BCUT2D eigenvalue weighted by Gasteiger charge is 2.04. The standard InChI is InChI=1S/C15H20N2O2S/c1-11-8-14(19-3)5-4-12(11)9-16-15-17-13(10-20-15)6-7-18-2/h4-5,8,10H,6-7,9H2,1-3H3,(H,16,17). The largest absolute Gasteiger partial charge is 0.497 e. The monoisotopic (exact) mass is 292 g/mol. The van der Waals surface area contributed by atoms with E-state index in [0.717, 1.165) is 29.5 Å². The van der Waals surface area contributed by atoms with Crippen molar-refractivity contribution in [2.75, 3.05) is 26.1 Å². The summed E-state index contributed by atoms with van der Waals surface area (Å²) in [6.45, 7) is 3.57. The number of aryl methyl sites for hydroxylation is 1. The van der Waals surface area contributed by atoms with Crippen LogP contribution in [0.4, 0.5) is 5.13 Å². The van der Waals surface area contributed by atoms with Gasteiger partial charge in [0.2, 0.25) is 0 Å². The minimum absolute atomic E-state index is 0.709. The lowest BCUT2D eigenvalue weighted by Crippen LogP contribution is -2.02. The molecule has 0 aliphatic carbocycles. The fourth-order valence-corrected chi connectivity index (χ4v) is 2.62. The quantitative estimate of drug-likeness (QED) is 0.850. The van der Waals surface area contributed by atoms with Crippen molar-refractivity contribution in [2.24, 2.45) is 0 Å². The predicted octanol–water partition coefficient (Wildman–Crippen LogP) is 3.26. The van der Waals surface area contributed by atoms with Crippen LogP contribution in [0.15, 0.2) is 23.6 Å². The average Bonchev–Trinajstić information content (AvgIpc) is 2.91. The van der Waals surface area contributed by atoms with Crippen LogP contribution in [0, 0.1) is 6.92 Å². The highest BCUT2D eigenvalue weighted by molar-refractivity contribution is 7.13. The van der Waals surface area contributed by atoms with Gasteiger partial charge in [0, 0.05) is 25.5 Å². The van der Waals surface area contributed by atoms with E-state index < -0.39 is 0 Å². The summed E-state index contributed by atoms with van der Waals surface area (Å²) in [6, 6.07) is 6.11. The molecule has 0 unspecified atom stereocenters. The number of methoxy groups -OCH3 is 2. The first kappa shape index (κ1) is 14.8. The van der Waals surface area contributed by atoms with E-state index in [9.17, 15) is 0 Å². The fourth-order valence-electron chi connectivity index (χ4n) is 1.87. The summed E-state index contributed by atoms with van der Waals surface area (Å²) in [5.74, 6) is 0.891. The predicted molar refractivity (Wildman–Crippen MR) is 82.8 cm³/mol. The molecule has 0 aliphatic heterocycles. The van der Waals surface area contributed by atoms with Gasteiger partial charge in [-0.2, -0.15) is 0 Å². The summed E-state index contributed by atoms with van der Waals surface area (Å²) in [4.78, 5) is 4.53. The van der Waals surface area contributed by atoms with Crippen LogP contribution in [0.1, 0.15) is 16.8 Å². The number of aromatic nitrogens is 1. The van der Waals surface area contributed by atoms with E-state index in [2.05, 4.69) is 28.7 Å². The van der Waals surface area contributed by atoms with Gasteiger partial charge >= 0.3 is 0 Å². The van der Waals surface area contributed by atoms with Gasteiger partial charge < -0.3 is 14.8 Å². The number of anilines is 1. The molecule has 1 aromatic carbocycles. The summed E-state index contributed by atoms with van der Waals surface area (Å²) < 4.78 is 10.3. The normalized spacial score (nSPS) is 10.6. The van der Waals surface area contributed by atoms with Gasteiger partial charge in [0.05, 0.1) is 19.4 Å². The van der Waals surface area contributed by atoms with Gasteiger partial charge in [-0.25, -0.2) is 4.98 Å². The van der Waals surface area contributed by atoms with Crippen molar-refractivity contribution in [3.8, 4) is 5.75 Å². The molecule has 20 heavy (non-hydrogen) atoms. The topological polar surface area (TPSA) is 43.4 Å². The fraction of sp³-hybridized carbons (Fsp3) is 0.400. The van der Waals surface area contributed by atoms with Gasteiger partial charge in [0.1, 0.15) is 5.75 Å². The number of thiazole rings is 1. The van der Waals surface area contributed by atoms with Crippen LogP contribution in [0.3, 0.4) is 0 Å². The van der Waals surface area contributed by atoms with E-state index in [-0.39, 0.29) is 0 Å². The van der Waals surface area contributed by atoms with E-state index in [0.29, 0.717) is 6.61 Å². The molecule has 1 N–H and O–H groups in total. The molecule has 1 aromatic heterocycles. The van der Waals surface area contributed by atoms with Crippen LogP contribution in [0.2, 0.25) is 0 Å². The van der Waals surface area contributed by atoms with Crippen molar-refractivity contribution in [3.05, 3.63) is 40.4 Å². The van der Waals surface area contributed by atoms with E-state index >= 15 is 0 Å². The van der Waals surface area contributed by atoms with Crippen LogP contribution < -0.4 is 10.1 Å². The number of rotatable bonds is 7. The maximum Gasteiger partial charge on any atom is 0.183 e. The molecule has 0 bridgehead atoms.